The van der Waals surface area contributed by atoms with Crippen LogP contribution in [0, 0.1) is 5.41 Å². The van der Waals surface area contributed by atoms with Crippen molar-refractivity contribution >= 4 is 5.78 Å². The van der Waals surface area contributed by atoms with Gasteiger partial charge in [0, 0.05) is 18.4 Å². The third-order valence-corrected chi connectivity index (χ3v) is 2.94. The van der Waals surface area contributed by atoms with Gasteiger partial charge in [0.15, 0.2) is 0 Å². The highest BCUT2D eigenvalue weighted by atomic mass is 16.1. The van der Waals surface area contributed by atoms with E-state index in [9.17, 15) is 4.79 Å². The molecule has 0 radical (unpaired) electrons. The Morgan fingerprint density at radius 2 is 1.71 bits per heavy atom. The average Bonchev–Trinajstić information content (AvgIpc) is 2.14. The molecule has 0 N–H and O–H groups in total. The molecule has 1 heterocycles. The zero-order valence-corrected chi connectivity index (χ0v) is 9.81. The van der Waals surface area contributed by atoms with Crippen molar-refractivity contribution < 1.29 is 4.79 Å². The smallest absolute Gasteiger partial charge is 0.139 e. The molecule has 0 unspecified atom stereocenters. The third kappa shape index (κ3) is 3.79. The summed E-state index contributed by atoms with van der Waals surface area (Å²) in [6.45, 7) is 9.37. The molecule has 0 bridgehead atoms. The van der Waals surface area contributed by atoms with Crippen LogP contribution in [-0.2, 0) is 4.79 Å². The summed E-state index contributed by atoms with van der Waals surface area (Å²) in [4.78, 5) is 14.1. The Labute approximate surface area is 87.7 Å². The van der Waals surface area contributed by atoms with Crippen molar-refractivity contribution in [3.8, 4) is 0 Å². The van der Waals surface area contributed by atoms with Gasteiger partial charge in [-0.1, -0.05) is 27.2 Å². The van der Waals surface area contributed by atoms with Crippen LogP contribution in [-0.4, -0.2) is 30.3 Å². The topological polar surface area (TPSA) is 20.3 Å². The number of hydrogen-bond acceptors (Lipinski definition) is 2. The molecular weight excluding hydrogens is 174 g/mol. The van der Waals surface area contributed by atoms with Crippen molar-refractivity contribution in [2.75, 3.05) is 19.6 Å². The van der Waals surface area contributed by atoms with Crippen LogP contribution in [0.25, 0.3) is 0 Å². The maximum Gasteiger partial charge on any atom is 0.139 e. The molecule has 82 valence electrons. The first kappa shape index (κ1) is 11.7. The van der Waals surface area contributed by atoms with Crippen LogP contribution < -0.4 is 0 Å². The molecule has 0 aliphatic carbocycles. The zero-order valence-electron chi connectivity index (χ0n) is 9.81. The van der Waals surface area contributed by atoms with Gasteiger partial charge in [-0.25, -0.2) is 0 Å². The van der Waals surface area contributed by atoms with Crippen LogP contribution in [0.5, 0.6) is 0 Å². The highest BCUT2D eigenvalue weighted by molar-refractivity contribution is 5.83. The van der Waals surface area contributed by atoms with E-state index in [2.05, 4.69) is 4.90 Å². The highest BCUT2D eigenvalue weighted by Crippen LogP contribution is 2.17. The van der Waals surface area contributed by atoms with Crippen LogP contribution in [0.15, 0.2) is 0 Å². The first-order chi connectivity index (χ1) is 6.50. The Morgan fingerprint density at radius 1 is 1.14 bits per heavy atom. The summed E-state index contributed by atoms with van der Waals surface area (Å²) in [6.07, 6.45) is 4.71. The van der Waals surface area contributed by atoms with E-state index in [4.69, 9.17) is 0 Å². The predicted octanol–water partition coefficient (Wildman–Crippen LogP) is 2.48. The largest absolute Gasteiger partial charge is 0.303 e. The molecule has 0 saturated carbocycles. The lowest BCUT2D eigenvalue weighted by Gasteiger charge is -2.27. The number of carbonyl (C=O) groups is 1. The molecule has 1 saturated heterocycles. The Bertz CT molecular complexity index is 187. The number of Topliss-reactive ketones (excluding diaryl/α,β-unsaturated/α-hetero) is 1. The number of nitrogens with zero attached hydrogens (tertiary/aromatic N) is 1. The normalized spacial score (nSPS) is 19.6. The van der Waals surface area contributed by atoms with Crippen LogP contribution >= 0.6 is 0 Å². The Balaban J connectivity index is 2.22. The second-order valence-electron chi connectivity index (χ2n) is 5.33. The number of likely N-dealkylation sites (tertiary alicyclic amines) is 1. The van der Waals surface area contributed by atoms with Crippen molar-refractivity contribution in [1.82, 2.24) is 4.90 Å². The predicted molar refractivity (Wildman–Crippen MR) is 59.4 cm³/mol. The van der Waals surface area contributed by atoms with Gasteiger partial charge in [0.25, 0.3) is 0 Å². The maximum atomic E-state index is 11.7. The van der Waals surface area contributed by atoms with E-state index >= 15 is 0 Å². The molecule has 0 amide bonds. The Morgan fingerprint density at radius 3 is 2.21 bits per heavy atom. The van der Waals surface area contributed by atoms with Gasteiger partial charge in [-0.05, 0) is 25.9 Å². The first-order valence-electron chi connectivity index (χ1n) is 5.76. The Kier molecular flexibility index (Phi) is 4.11. The quantitative estimate of drug-likeness (QED) is 0.692. The summed E-state index contributed by atoms with van der Waals surface area (Å²) >= 11 is 0. The maximum absolute atomic E-state index is 11.7. The minimum atomic E-state index is -0.157. The van der Waals surface area contributed by atoms with E-state index in [-0.39, 0.29) is 5.41 Å². The van der Waals surface area contributed by atoms with Crippen LogP contribution in [0.4, 0.5) is 0 Å². The molecule has 1 aliphatic heterocycles. The highest BCUT2D eigenvalue weighted by Gasteiger charge is 2.21. The molecule has 2 nitrogen and oxygen atoms in total. The molecule has 0 aromatic heterocycles. The minimum absolute atomic E-state index is 0.157. The standard InChI is InChI=1S/C12H23NO/c1-12(2,3)11(14)7-10-13-8-5-4-6-9-13/h4-10H2,1-3H3. The number of piperidine rings is 1. The monoisotopic (exact) mass is 197 g/mol. The van der Waals surface area contributed by atoms with E-state index in [1.54, 1.807) is 0 Å². The lowest BCUT2D eigenvalue weighted by Crippen LogP contribution is -2.33. The molecule has 0 spiro atoms. The van der Waals surface area contributed by atoms with Crippen LogP contribution in [0.2, 0.25) is 0 Å². The van der Waals surface area contributed by atoms with Gasteiger partial charge < -0.3 is 4.90 Å². The summed E-state index contributed by atoms with van der Waals surface area (Å²) in [5, 5.41) is 0. The van der Waals surface area contributed by atoms with Gasteiger partial charge in [0.1, 0.15) is 5.78 Å². The summed E-state index contributed by atoms with van der Waals surface area (Å²) in [7, 11) is 0. The van der Waals surface area contributed by atoms with Gasteiger partial charge in [-0.15, -0.1) is 0 Å². The molecule has 1 rings (SSSR count). The van der Waals surface area contributed by atoms with Gasteiger partial charge >= 0.3 is 0 Å². The second-order valence-corrected chi connectivity index (χ2v) is 5.33. The van der Waals surface area contributed by atoms with Crippen molar-refractivity contribution in [3.63, 3.8) is 0 Å². The fraction of sp³-hybridized carbons (Fsp3) is 0.917. The van der Waals surface area contributed by atoms with E-state index in [0.29, 0.717) is 5.78 Å². The average molecular weight is 197 g/mol. The lowest BCUT2D eigenvalue weighted by molar-refractivity contribution is -0.126. The number of rotatable bonds is 3. The van der Waals surface area contributed by atoms with E-state index < -0.39 is 0 Å². The van der Waals surface area contributed by atoms with Gasteiger partial charge in [0.2, 0.25) is 0 Å². The molecule has 1 aliphatic rings. The van der Waals surface area contributed by atoms with Crippen LogP contribution in [0.3, 0.4) is 0 Å². The molecule has 14 heavy (non-hydrogen) atoms. The van der Waals surface area contributed by atoms with E-state index in [1.807, 2.05) is 20.8 Å². The third-order valence-electron chi connectivity index (χ3n) is 2.94. The summed E-state index contributed by atoms with van der Waals surface area (Å²) < 4.78 is 0. The van der Waals surface area contributed by atoms with Crippen molar-refractivity contribution in [2.24, 2.45) is 5.41 Å². The van der Waals surface area contributed by atoms with Crippen molar-refractivity contribution in [3.05, 3.63) is 0 Å². The number of carbonyl (C=O) groups excluding carboxylic acids is 1. The van der Waals surface area contributed by atoms with E-state index in [0.717, 1.165) is 13.0 Å². The molecular formula is C12H23NO. The van der Waals surface area contributed by atoms with Gasteiger partial charge in [-0.2, -0.15) is 0 Å². The van der Waals surface area contributed by atoms with Gasteiger partial charge in [0.05, 0.1) is 0 Å². The number of hydrogen-bond donors (Lipinski definition) is 0. The first-order valence-corrected chi connectivity index (χ1v) is 5.76. The fourth-order valence-electron chi connectivity index (χ4n) is 1.82. The fourth-order valence-corrected chi connectivity index (χ4v) is 1.82. The zero-order chi connectivity index (χ0) is 10.6. The molecule has 0 atom stereocenters. The second kappa shape index (κ2) is 4.92. The van der Waals surface area contributed by atoms with E-state index in [1.165, 1.54) is 32.4 Å². The number of ketones is 1. The summed E-state index contributed by atoms with van der Waals surface area (Å²) in [5.74, 6) is 0.392. The van der Waals surface area contributed by atoms with Crippen LogP contribution in [0.1, 0.15) is 46.5 Å². The SMILES string of the molecule is CC(C)(C)C(=O)CCN1CCCCC1. The van der Waals surface area contributed by atoms with Gasteiger partial charge in [-0.3, -0.25) is 4.79 Å². The molecule has 1 fully saturated rings. The Hall–Kier alpha value is -0.370. The summed E-state index contributed by atoms with van der Waals surface area (Å²) in [5.41, 5.74) is -0.157. The minimum Gasteiger partial charge on any atom is -0.303 e. The molecule has 0 aromatic carbocycles. The molecule has 0 aromatic rings. The summed E-state index contributed by atoms with van der Waals surface area (Å²) in [6, 6.07) is 0. The molecule has 2 heteroatoms. The lowest BCUT2D eigenvalue weighted by atomic mass is 9.89. The van der Waals surface area contributed by atoms with Crippen molar-refractivity contribution in [1.29, 1.82) is 0 Å². The van der Waals surface area contributed by atoms with Crippen molar-refractivity contribution in [2.45, 2.75) is 46.5 Å².